The van der Waals surface area contributed by atoms with Gasteiger partial charge in [-0.15, -0.1) is 0 Å². The number of aliphatic hydroxyl groups excluding tert-OH is 1. The van der Waals surface area contributed by atoms with Crippen LogP contribution in [0.25, 0.3) is 22.4 Å². The van der Waals surface area contributed by atoms with E-state index in [1.165, 1.54) is 0 Å². The van der Waals surface area contributed by atoms with Crippen LogP contribution in [0.5, 0.6) is 5.88 Å². The molecule has 134 valence electrons. The summed E-state index contributed by atoms with van der Waals surface area (Å²) >= 11 is 0. The fourth-order valence-corrected chi connectivity index (χ4v) is 2.37. The van der Waals surface area contributed by atoms with Gasteiger partial charge in [0, 0.05) is 17.7 Å². The maximum absolute atomic E-state index is 12.1. The van der Waals surface area contributed by atoms with Crippen molar-refractivity contribution in [3.8, 4) is 17.1 Å². The molecule has 2 aromatic heterocycles. The lowest BCUT2D eigenvalue weighted by molar-refractivity contribution is 0.0945. The highest BCUT2D eigenvalue weighted by molar-refractivity contribution is 5.95. The molecule has 0 atom stereocenters. The summed E-state index contributed by atoms with van der Waals surface area (Å²) in [6.45, 7) is 2.30. The van der Waals surface area contributed by atoms with Crippen molar-refractivity contribution in [2.75, 3.05) is 25.5 Å². The Balaban J connectivity index is 2.01. The number of nitrogens with two attached hydrogens (primary N) is 1. The van der Waals surface area contributed by atoms with Crippen molar-refractivity contribution in [1.29, 1.82) is 0 Å². The second-order valence-electron chi connectivity index (χ2n) is 5.31. The van der Waals surface area contributed by atoms with Crippen LogP contribution < -0.4 is 15.8 Å². The van der Waals surface area contributed by atoms with E-state index in [1.807, 2.05) is 13.0 Å². The van der Waals surface area contributed by atoms with E-state index in [1.54, 1.807) is 24.4 Å². The van der Waals surface area contributed by atoms with Crippen LogP contribution >= 0.6 is 0 Å². The number of carbonyl (C=O) groups excluding carboxylic acids is 1. The first-order chi connectivity index (χ1) is 12.6. The Hall–Kier alpha value is -3.33. The molecule has 0 aliphatic carbocycles. The number of benzene rings is 1. The molecule has 0 spiro atoms. The van der Waals surface area contributed by atoms with Crippen molar-refractivity contribution in [3.05, 3.63) is 36.0 Å². The van der Waals surface area contributed by atoms with E-state index in [0.717, 1.165) is 0 Å². The maximum atomic E-state index is 12.1. The Bertz CT molecular complexity index is 947. The first kappa shape index (κ1) is 17.5. The molecule has 0 aliphatic rings. The second kappa shape index (κ2) is 7.70. The smallest absolute Gasteiger partial charge is 0.251 e. The van der Waals surface area contributed by atoms with Gasteiger partial charge in [0.15, 0.2) is 11.2 Å². The summed E-state index contributed by atoms with van der Waals surface area (Å²) in [5.74, 6) is 0.0486. The molecule has 0 bridgehead atoms. The zero-order valence-corrected chi connectivity index (χ0v) is 14.1. The van der Waals surface area contributed by atoms with Gasteiger partial charge in [-0.05, 0) is 19.1 Å². The number of anilines is 1. The average Bonchev–Trinajstić information content (AvgIpc) is 2.66. The fraction of sp³-hybridized carbons (Fsp3) is 0.235. The molecule has 3 aromatic rings. The third-order valence-electron chi connectivity index (χ3n) is 3.49. The number of amides is 1. The van der Waals surface area contributed by atoms with Gasteiger partial charge in [-0.2, -0.15) is 9.97 Å². The monoisotopic (exact) mass is 354 g/mol. The third-order valence-corrected chi connectivity index (χ3v) is 3.49. The lowest BCUT2D eigenvalue weighted by atomic mass is 10.1. The molecule has 0 radical (unpaired) electrons. The van der Waals surface area contributed by atoms with Gasteiger partial charge in [0.1, 0.15) is 0 Å². The molecule has 9 nitrogen and oxygen atoms in total. The second-order valence-corrected chi connectivity index (χ2v) is 5.31. The van der Waals surface area contributed by atoms with E-state index in [2.05, 4.69) is 25.3 Å². The lowest BCUT2D eigenvalue weighted by Gasteiger charge is -2.08. The van der Waals surface area contributed by atoms with E-state index in [4.69, 9.17) is 15.6 Å². The largest absolute Gasteiger partial charge is 0.476 e. The molecular weight excluding hydrogens is 336 g/mol. The Morgan fingerprint density at radius 2 is 2.15 bits per heavy atom. The molecule has 0 saturated heterocycles. The number of fused-ring (bicyclic) bond motifs is 1. The quantitative estimate of drug-likeness (QED) is 0.591. The summed E-state index contributed by atoms with van der Waals surface area (Å²) < 4.78 is 5.48. The number of nitrogens with zero attached hydrogens (tertiary/aromatic N) is 4. The van der Waals surface area contributed by atoms with Gasteiger partial charge in [-0.3, -0.25) is 4.79 Å². The van der Waals surface area contributed by atoms with Crippen LogP contribution in [0, 0.1) is 0 Å². The molecule has 0 unspecified atom stereocenters. The summed E-state index contributed by atoms with van der Waals surface area (Å²) in [7, 11) is 0. The zero-order valence-electron chi connectivity index (χ0n) is 14.1. The predicted octanol–water partition coefficient (Wildman–Crippen LogP) is 0.790. The van der Waals surface area contributed by atoms with Crippen LogP contribution in [0.4, 0.5) is 5.95 Å². The van der Waals surface area contributed by atoms with Gasteiger partial charge in [0.2, 0.25) is 11.8 Å². The SMILES string of the molecule is CCOc1nc(N)nc2ncc(-c3cccc(C(=O)NCCO)c3)nc12. The number of aliphatic hydroxyl groups is 1. The fourth-order valence-electron chi connectivity index (χ4n) is 2.37. The maximum Gasteiger partial charge on any atom is 0.251 e. The number of hydrogen-bond donors (Lipinski definition) is 3. The van der Waals surface area contributed by atoms with E-state index >= 15 is 0 Å². The van der Waals surface area contributed by atoms with Crippen LogP contribution in [0.2, 0.25) is 0 Å². The molecule has 9 heteroatoms. The number of ether oxygens (including phenoxy) is 1. The molecule has 2 heterocycles. The van der Waals surface area contributed by atoms with Gasteiger partial charge in [0.05, 0.1) is 25.1 Å². The lowest BCUT2D eigenvalue weighted by Crippen LogP contribution is -2.26. The number of nitrogens with one attached hydrogen (secondary N) is 1. The molecule has 0 aliphatic heterocycles. The van der Waals surface area contributed by atoms with Crippen molar-refractivity contribution in [3.63, 3.8) is 0 Å². The average molecular weight is 354 g/mol. The number of aromatic nitrogens is 4. The van der Waals surface area contributed by atoms with Crippen molar-refractivity contribution < 1.29 is 14.6 Å². The summed E-state index contributed by atoms with van der Waals surface area (Å²) in [6.07, 6.45) is 1.55. The first-order valence-corrected chi connectivity index (χ1v) is 8.05. The Morgan fingerprint density at radius 3 is 2.92 bits per heavy atom. The summed E-state index contributed by atoms with van der Waals surface area (Å²) in [4.78, 5) is 29.0. The minimum absolute atomic E-state index is 0.0607. The Morgan fingerprint density at radius 1 is 1.31 bits per heavy atom. The van der Waals surface area contributed by atoms with Gasteiger partial charge in [0.25, 0.3) is 5.91 Å². The summed E-state index contributed by atoms with van der Waals surface area (Å²) in [6, 6.07) is 6.94. The van der Waals surface area contributed by atoms with Gasteiger partial charge >= 0.3 is 0 Å². The third kappa shape index (κ3) is 3.67. The van der Waals surface area contributed by atoms with Crippen molar-refractivity contribution in [2.24, 2.45) is 0 Å². The van der Waals surface area contributed by atoms with Crippen molar-refractivity contribution in [2.45, 2.75) is 6.92 Å². The van der Waals surface area contributed by atoms with Crippen molar-refractivity contribution in [1.82, 2.24) is 25.3 Å². The van der Waals surface area contributed by atoms with Crippen LogP contribution in [-0.4, -0.2) is 50.7 Å². The van der Waals surface area contributed by atoms with Gasteiger partial charge in [-0.1, -0.05) is 12.1 Å². The minimum Gasteiger partial charge on any atom is -0.476 e. The van der Waals surface area contributed by atoms with E-state index in [9.17, 15) is 4.79 Å². The molecular formula is C17H18N6O3. The number of carbonyl (C=O) groups is 1. The topological polar surface area (TPSA) is 136 Å². The standard InChI is InChI=1S/C17H18N6O3/c1-2-26-16-13-14(22-17(18)23-16)20-9-12(21-13)10-4-3-5-11(8-10)15(25)19-6-7-24/h3-5,8-9,24H,2,6-7H2,1H3,(H,19,25)(H2,18,20,22,23). The summed E-state index contributed by atoms with van der Waals surface area (Å²) in [5.41, 5.74) is 8.10. The van der Waals surface area contributed by atoms with Crippen LogP contribution in [0.15, 0.2) is 30.5 Å². The Labute approximate surface area is 149 Å². The van der Waals surface area contributed by atoms with Crippen LogP contribution in [-0.2, 0) is 0 Å². The van der Waals surface area contributed by atoms with E-state index < -0.39 is 0 Å². The number of rotatable bonds is 6. The highest BCUT2D eigenvalue weighted by Gasteiger charge is 2.13. The molecule has 26 heavy (non-hydrogen) atoms. The Kier molecular flexibility index (Phi) is 5.18. The predicted molar refractivity (Wildman–Crippen MR) is 95.6 cm³/mol. The normalized spacial score (nSPS) is 10.7. The molecule has 1 aromatic carbocycles. The molecule has 1 amide bonds. The van der Waals surface area contributed by atoms with Crippen molar-refractivity contribution >= 4 is 23.0 Å². The van der Waals surface area contributed by atoms with E-state index in [0.29, 0.717) is 34.6 Å². The van der Waals surface area contributed by atoms with Crippen LogP contribution in [0.1, 0.15) is 17.3 Å². The summed E-state index contributed by atoms with van der Waals surface area (Å²) in [5, 5.41) is 11.4. The van der Waals surface area contributed by atoms with Crippen LogP contribution in [0.3, 0.4) is 0 Å². The molecule has 4 N–H and O–H groups in total. The van der Waals surface area contributed by atoms with E-state index in [-0.39, 0.29) is 30.9 Å². The number of hydrogen-bond acceptors (Lipinski definition) is 8. The molecule has 0 saturated carbocycles. The first-order valence-electron chi connectivity index (χ1n) is 8.05. The molecule has 0 fully saturated rings. The highest BCUT2D eigenvalue weighted by Crippen LogP contribution is 2.24. The van der Waals surface area contributed by atoms with Gasteiger partial charge in [-0.25, -0.2) is 9.97 Å². The zero-order chi connectivity index (χ0) is 18.5. The van der Waals surface area contributed by atoms with Gasteiger partial charge < -0.3 is 20.9 Å². The minimum atomic E-state index is -0.277. The highest BCUT2D eigenvalue weighted by atomic mass is 16.5. The number of nitrogen functional groups attached to an aromatic ring is 1. The molecule has 3 rings (SSSR count).